The zero-order valence-electron chi connectivity index (χ0n) is 15.3. The molecule has 0 unspecified atom stereocenters. The molecule has 0 fully saturated rings. The van der Waals surface area contributed by atoms with Crippen LogP contribution in [0.2, 0.25) is 0 Å². The van der Waals surface area contributed by atoms with Crippen LogP contribution in [0, 0.1) is 5.82 Å². The molecule has 144 valence electrons. The molecule has 1 aliphatic rings. The SMILES string of the molecule is CC1=NN(c2ccc(F)cc2)C(=O)/C1=C/c1ccc(-c2ccc(C(=O)O)cc2)o1. The Balaban J connectivity index is 1.58. The van der Waals surface area contributed by atoms with Crippen molar-refractivity contribution in [1.82, 2.24) is 0 Å². The van der Waals surface area contributed by atoms with Gasteiger partial charge in [0.15, 0.2) is 0 Å². The van der Waals surface area contributed by atoms with Crippen LogP contribution in [0.1, 0.15) is 23.0 Å². The molecule has 0 aliphatic carbocycles. The summed E-state index contributed by atoms with van der Waals surface area (Å²) < 4.78 is 18.9. The second kappa shape index (κ2) is 7.20. The first-order valence-corrected chi connectivity index (χ1v) is 8.73. The van der Waals surface area contributed by atoms with Crippen LogP contribution in [0.25, 0.3) is 17.4 Å². The van der Waals surface area contributed by atoms with Gasteiger partial charge < -0.3 is 9.52 Å². The third-order valence-electron chi connectivity index (χ3n) is 4.46. The van der Waals surface area contributed by atoms with Crippen molar-refractivity contribution >= 4 is 29.4 Å². The van der Waals surface area contributed by atoms with Crippen LogP contribution >= 0.6 is 0 Å². The molecule has 0 radical (unpaired) electrons. The Kier molecular flexibility index (Phi) is 4.56. The van der Waals surface area contributed by atoms with Crippen LogP contribution in [-0.2, 0) is 4.79 Å². The Morgan fingerprint density at radius 3 is 2.41 bits per heavy atom. The van der Waals surface area contributed by atoms with Crippen molar-refractivity contribution in [2.24, 2.45) is 5.10 Å². The van der Waals surface area contributed by atoms with E-state index in [-0.39, 0.29) is 11.5 Å². The number of anilines is 1. The molecule has 2 aromatic carbocycles. The Labute approximate surface area is 165 Å². The summed E-state index contributed by atoms with van der Waals surface area (Å²) in [5, 5.41) is 14.4. The molecule has 7 heteroatoms. The fourth-order valence-corrected chi connectivity index (χ4v) is 2.95. The van der Waals surface area contributed by atoms with Gasteiger partial charge in [-0.15, -0.1) is 0 Å². The van der Waals surface area contributed by atoms with Gasteiger partial charge in [-0.2, -0.15) is 10.1 Å². The van der Waals surface area contributed by atoms with Crippen molar-refractivity contribution in [3.8, 4) is 11.3 Å². The average molecular weight is 390 g/mol. The van der Waals surface area contributed by atoms with Crippen LogP contribution in [0.15, 0.2) is 75.8 Å². The maximum Gasteiger partial charge on any atom is 0.335 e. The molecule has 0 spiro atoms. The molecule has 6 nitrogen and oxygen atoms in total. The van der Waals surface area contributed by atoms with E-state index in [0.717, 1.165) is 5.56 Å². The van der Waals surface area contributed by atoms with Gasteiger partial charge in [0, 0.05) is 5.56 Å². The number of amides is 1. The van der Waals surface area contributed by atoms with E-state index in [1.165, 1.54) is 41.4 Å². The Bertz CT molecular complexity index is 1160. The van der Waals surface area contributed by atoms with Gasteiger partial charge in [-0.25, -0.2) is 9.18 Å². The molecule has 0 saturated carbocycles. The lowest BCUT2D eigenvalue weighted by Gasteiger charge is -2.11. The summed E-state index contributed by atoms with van der Waals surface area (Å²) in [5.74, 6) is -0.721. The number of hydrazone groups is 1. The smallest absolute Gasteiger partial charge is 0.335 e. The number of hydrogen-bond donors (Lipinski definition) is 1. The number of carbonyl (C=O) groups is 2. The second-order valence-corrected chi connectivity index (χ2v) is 6.42. The average Bonchev–Trinajstić information content (AvgIpc) is 3.29. The summed E-state index contributed by atoms with van der Waals surface area (Å²) in [4.78, 5) is 23.7. The molecule has 0 saturated heterocycles. The fourth-order valence-electron chi connectivity index (χ4n) is 2.95. The highest BCUT2D eigenvalue weighted by molar-refractivity contribution is 6.32. The largest absolute Gasteiger partial charge is 0.478 e. The van der Waals surface area contributed by atoms with E-state index < -0.39 is 11.8 Å². The van der Waals surface area contributed by atoms with Crippen molar-refractivity contribution in [1.29, 1.82) is 0 Å². The zero-order chi connectivity index (χ0) is 20.5. The third kappa shape index (κ3) is 3.58. The summed E-state index contributed by atoms with van der Waals surface area (Å²) >= 11 is 0. The number of carbonyl (C=O) groups excluding carboxylic acids is 1. The van der Waals surface area contributed by atoms with Crippen LogP contribution in [-0.4, -0.2) is 22.7 Å². The van der Waals surface area contributed by atoms with E-state index >= 15 is 0 Å². The standard InChI is InChI=1S/C22H15FN2O4/c1-13-19(21(26)25(24-13)17-8-6-16(23)7-9-17)12-18-10-11-20(29-18)14-2-4-15(5-3-14)22(27)28/h2-12H,1H3,(H,27,28)/b19-12+. The second-order valence-electron chi connectivity index (χ2n) is 6.42. The highest BCUT2D eigenvalue weighted by Crippen LogP contribution is 2.28. The lowest BCUT2D eigenvalue weighted by atomic mass is 10.1. The number of hydrogen-bond acceptors (Lipinski definition) is 4. The van der Waals surface area contributed by atoms with Crippen LogP contribution in [0.4, 0.5) is 10.1 Å². The predicted molar refractivity (Wildman–Crippen MR) is 106 cm³/mol. The Morgan fingerprint density at radius 1 is 1.07 bits per heavy atom. The van der Waals surface area contributed by atoms with E-state index in [4.69, 9.17) is 9.52 Å². The van der Waals surface area contributed by atoms with E-state index in [2.05, 4.69) is 5.10 Å². The number of carboxylic acid groups (broad SMARTS) is 1. The first-order chi connectivity index (χ1) is 13.9. The summed E-state index contributed by atoms with van der Waals surface area (Å²) in [6.45, 7) is 1.71. The van der Waals surface area contributed by atoms with Gasteiger partial charge >= 0.3 is 5.97 Å². The predicted octanol–water partition coefficient (Wildman–Crippen LogP) is 4.59. The van der Waals surface area contributed by atoms with Crippen molar-refractivity contribution in [2.45, 2.75) is 6.92 Å². The van der Waals surface area contributed by atoms with Crippen LogP contribution in [0.5, 0.6) is 0 Å². The Morgan fingerprint density at radius 2 is 1.76 bits per heavy atom. The highest BCUT2D eigenvalue weighted by Gasteiger charge is 2.29. The molecule has 2 heterocycles. The van der Waals surface area contributed by atoms with Gasteiger partial charge in [-0.3, -0.25) is 4.79 Å². The van der Waals surface area contributed by atoms with E-state index in [1.807, 2.05) is 0 Å². The maximum atomic E-state index is 13.1. The number of nitrogens with zero attached hydrogens (tertiary/aromatic N) is 2. The van der Waals surface area contributed by atoms with E-state index in [9.17, 15) is 14.0 Å². The quantitative estimate of drug-likeness (QED) is 0.661. The Hall–Kier alpha value is -4.00. The number of carboxylic acids is 1. The monoisotopic (exact) mass is 390 g/mol. The van der Waals surface area contributed by atoms with Gasteiger partial charge in [-0.05, 0) is 61.5 Å². The molecule has 0 bridgehead atoms. The molecule has 1 aliphatic heterocycles. The number of halogens is 1. The molecule has 29 heavy (non-hydrogen) atoms. The minimum atomic E-state index is -0.998. The van der Waals surface area contributed by atoms with Crippen molar-refractivity contribution in [3.63, 3.8) is 0 Å². The molecule has 3 aromatic rings. The summed E-state index contributed by atoms with van der Waals surface area (Å²) in [5.41, 5.74) is 2.26. The fraction of sp³-hybridized carbons (Fsp3) is 0.0455. The normalized spacial score (nSPS) is 15.1. The zero-order valence-corrected chi connectivity index (χ0v) is 15.3. The first kappa shape index (κ1) is 18.4. The molecule has 4 rings (SSSR count). The lowest BCUT2D eigenvalue weighted by molar-refractivity contribution is -0.114. The van der Waals surface area contributed by atoms with Gasteiger partial charge in [0.05, 0.1) is 22.5 Å². The molecular formula is C22H15FN2O4. The number of benzene rings is 2. The van der Waals surface area contributed by atoms with E-state index in [1.54, 1.807) is 37.3 Å². The van der Waals surface area contributed by atoms with Crippen molar-refractivity contribution in [3.05, 3.63) is 83.4 Å². The van der Waals surface area contributed by atoms with Crippen molar-refractivity contribution in [2.75, 3.05) is 5.01 Å². The maximum absolute atomic E-state index is 13.1. The minimum absolute atomic E-state index is 0.187. The van der Waals surface area contributed by atoms with Crippen LogP contribution < -0.4 is 5.01 Å². The summed E-state index contributed by atoms with van der Waals surface area (Å²) in [6, 6.07) is 15.3. The lowest BCUT2D eigenvalue weighted by Crippen LogP contribution is -2.21. The van der Waals surface area contributed by atoms with E-state index in [0.29, 0.717) is 28.5 Å². The molecule has 1 amide bonds. The topological polar surface area (TPSA) is 83.1 Å². The molecule has 0 atom stereocenters. The number of furan rings is 1. The summed E-state index contributed by atoms with van der Waals surface area (Å²) in [7, 11) is 0. The number of rotatable bonds is 4. The number of aromatic carboxylic acids is 1. The van der Waals surface area contributed by atoms with Crippen LogP contribution in [0.3, 0.4) is 0 Å². The molecule has 1 N–H and O–H groups in total. The molecular weight excluding hydrogens is 375 g/mol. The van der Waals surface area contributed by atoms with Gasteiger partial charge in [0.25, 0.3) is 5.91 Å². The molecule has 1 aromatic heterocycles. The first-order valence-electron chi connectivity index (χ1n) is 8.73. The highest BCUT2D eigenvalue weighted by atomic mass is 19.1. The third-order valence-corrected chi connectivity index (χ3v) is 4.46. The minimum Gasteiger partial charge on any atom is -0.478 e. The van der Waals surface area contributed by atoms with Gasteiger partial charge in [0.2, 0.25) is 0 Å². The van der Waals surface area contributed by atoms with Gasteiger partial charge in [-0.1, -0.05) is 12.1 Å². The summed E-state index contributed by atoms with van der Waals surface area (Å²) in [6.07, 6.45) is 1.60. The van der Waals surface area contributed by atoms with Crippen molar-refractivity contribution < 1.29 is 23.5 Å². The van der Waals surface area contributed by atoms with Gasteiger partial charge in [0.1, 0.15) is 17.3 Å².